The number of carbonyl (C=O) groups excluding carboxylic acids is 3. The maximum absolute atomic E-state index is 13.8. The lowest BCUT2D eigenvalue weighted by atomic mass is 9.68. The highest BCUT2D eigenvalue weighted by atomic mass is 16.2. The zero-order valence-electron chi connectivity index (χ0n) is 17.2. The number of amides is 4. The minimum absolute atomic E-state index is 0.213. The molecule has 0 saturated carbocycles. The van der Waals surface area contributed by atoms with E-state index >= 15 is 0 Å². The summed E-state index contributed by atoms with van der Waals surface area (Å²) in [5.41, 5.74) is 1.97. The number of carbonyl (C=O) groups is 3. The molecule has 6 heteroatoms. The van der Waals surface area contributed by atoms with Crippen LogP contribution in [0.1, 0.15) is 37.3 Å². The number of urea groups is 1. The number of para-hydroxylation sites is 1. The largest absolute Gasteiger partial charge is 0.366 e. The smallest absolute Gasteiger partial charge is 0.331 e. The summed E-state index contributed by atoms with van der Waals surface area (Å²) in [6, 6.07) is 17.0. The van der Waals surface area contributed by atoms with Gasteiger partial charge in [-0.05, 0) is 43.9 Å². The molecule has 2 fully saturated rings. The Morgan fingerprint density at radius 2 is 1.70 bits per heavy atom. The molecule has 6 nitrogen and oxygen atoms in total. The topological polar surface area (TPSA) is 69.7 Å². The summed E-state index contributed by atoms with van der Waals surface area (Å²) >= 11 is 0. The van der Waals surface area contributed by atoms with Crippen molar-refractivity contribution in [3.05, 3.63) is 65.7 Å². The molecule has 154 valence electrons. The standard InChI is InChI=1S/C24H25N3O3/c1-15(2)27-22(29)24(21(28)25-23(27)30)13-17-10-6-7-11-19(17)26-14-18(12-20(24)26)16-8-4-3-5-9-16/h3-11,15,18,20H,12-14H2,1-2H3,(H,25,28,30)/t18-,20-,24-/m1/s1. The third-order valence-corrected chi connectivity index (χ3v) is 6.87. The maximum Gasteiger partial charge on any atom is 0.331 e. The van der Waals surface area contributed by atoms with Crippen molar-refractivity contribution in [2.75, 3.05) is 11.4 Å². The van der Waals surface area contributed by atoms with Crippen molar-refractivity contribution in [1.82, 2.24) is 10.2 Å². The molecular weight excluding hydrogens is 378 g/mol. The number of imide groups is 2. The van der Waals surface area contributed by atoms with Gasteiger partial charge in [0.15, 0.2) is 5.41 Å². The number of hydrogen-bond acceptors (Lipinski definition) is 4. The van der Waals surface area contributed by atoms with E-state index in [-0.39, 0.29) is 23.9 Å². The minimum Gasteiger partial charge on any atom is -0.366 e. The third-order valence-electron chi connectivity index (χ3n) is 6.87. The molecule has 0 radical (unpaired) electrons. The normalized spacial score (nSPS) is 28.0. The van der Waals surface area contributed by atoms with Crippen molar-refractivity contribution in [1.29, 1.82) is 0 Å². The Hall–Kier alpha value is -3.15. The van der Waals surface area contributed by atoms with E-state index in [1.165, 1.54) is 10.5 Å². The monoisotopic (exact) mass is 403 g/mol. The molecular formula is C24H25N3O3. The van der Waals surface area contributed by atoms with Crippen LogP contribution in [0.15, 0.2) is 54.6 Å². The summed E-state index contributed by atoms with van der Waals surface area (Å²) in [5, 5.41) is 2.50. The van der Waals surface area contributed by atoms with Crippen LogP contribution in [0.3, 0.4) is 0 Å². The van der Waals surface area contributed by atoms with Gasteiger partial charge < -0.3 is 4.90 Å². The molecule has 0 aromatic heterocycles. The van der Waals surface area contributed by atoms with Crippen LogP contribution < -0.4 is 10.2 Å². The summed E-state index contributed by atoms with van der Waals surface area (Å²) in [6.45, 7) is 4.34. The van der Waals surface area contributed by atoms with Gasteiger partial charge in [0.2, 0.25) is 11.8 Å². The zero-order valence-corrected chi connectivity index (χ0v) is 17.2. The van der Waals surface area contributed by atoms with Gasteiger partial charge in [0, 0.05) is 24.2 Å². The van der Waals surface area contributed by atoms with E-state index in [0.29, 0.717) is 12.8 Å². The first kappa shape index (κ1) is 18.9. The van der Waals surface area contributed by atoms with Crippen molar-refractivity contribution < 1.29 is 14.4 Å². The molecule has 2 aromatic rings. The minimum atomic E-state index is -1.30. The van der Waals surface area contributed by atoms with Crippen LogP contribution in [0, 0.1) is 5.41 Å². The van der Waals surface area contributed by atoms with Crippen LogP contribution in [-0.4, -0.2) is 41.4 Å². The number of rotatable bonds is 2. The SMILES string of the molecule is CC(C)N1C(=O)NC(=O)[C@]2(Cc3ccccc3N3C[C@H](c4ccccc4)C[C@@H]32)C1=O. The Bertz CT molecular complexity index is 1040. The number of hydrogen-bond donors (Lipinski definition) is 1. The van der Waals surface area contributed by atoms with Crippen LogP contribution >= 0.6 is 0 Å². The van der Waals surface area contributed by atoms with Crippen molar-refractivity contribution in [2.24, 2.45) is 5.41 Å². The summed E-state index contributed by atoms with van der Waals surface area (Å²) in [7, 11) is 0. The quantitative estimate of drug-likeness (QED) is 0.783. The lowest BCUT2D eigenvalue weighted by Gasteiger charge is -2.50. The number of nitrogens with zero attached hydrogens (tertiary/aromatic N) is 2. The van der Waals surface area contributed by atoms with Crippen LogP contribution in [0.4, 0.5) is 10.5 Å². The molecule has 0 bridgehead atoms. The van der Waals surface area contributed by atoms with E-state index in [2.05, 4.69) is 28.4 Å². The molecule has 0 aliphatic carbocycles. The number of anilines is 1. The van der Waals surface area contributed by atoms with Gasteiger partial charge in [-0.3, -0.25) is 19.8 Å². The average Bonchev–Trinajstić information content (AvgIpc) is 3.18. The van der Waals surface area contributed by atoms with E-state index in [1.807, 2.05) is 36.4 Å². The van der Waals surface area contributed by atoms with E-state index in [4.69, 9.17) is 0 Å². The molecule has 3 atom stereocenters. The lowest BCUT2D eigenvalue weighted by molar-refractivity contribution is -0.154. The molecule has 0 unspecified atom stereocenters. The molecule has 1 spiro atoms. The van der Waals surface area contributed by atoms with E-state index in [0.717, 1.165) is 17.8 Å². The summed E-state index contributed by atoms with van der Waals surface area (Å²) in [6.07, 6.45) is 1.00. The highest BCUT2D eigenvalue weighted by Gasteiger charge is 2.64. The average molecular weight is 403 g/mol. The third kappa shape index (κ3) is 2.52. The highest BCUT2D eigenvalue weighted by Crippen LogP contribution is 2.51. The predicted octanol–water partition coefficient (Wildman–Crippen LogP) is 3.08. The lowest BCUT2D eigenvalue weighted by Crippen LogP contribution is -2.72. The fourth-order valence-corrected chi connectivity index (χ4v) is 5.49. The number of fused-ring (bicyclic) bond motifs is 4. The van der Waals surface area contributed by atoms with Crippen molar-refractivity contribution in [2.45, 2.75) is 44.7 Å². The van der Waals surface area contributed by atoms with Crippen LogP contribution in [0.2, 0.25) is 0 Å². The molecule has 3 aliphatic rings. The summed E-state index contributed by atoms with van der Waals surface area (Å²) in [5.74, 6) is -0.623. The molecule has 3 aliphatic heterocycles. The second-order valence-electron chi connectivity index (χ2n) is 8.82. The Morgan fingerprint density at radius 1 is 1.00 bits per heavy atom. The highest BCUT2D eigenvalue weighted by molar-refractivity contribution is 6.20. The Kier molecular flexibility index (Phi) is 4.20. The fourth-order valence-electron chi connectivity index (χ4n) is 5.49. The molecule has 5 rings (SSSR count). The first-order chi connectivity index (χ1) is 14.4. The first-order valence-electron chi connectivity index (χ1n) is 10.5. The Labute approximate surface area is 175 Å². The van der Waals surface area contributed by atoms with Gasteiger partial charge in [-0.1, -0.05) is 48.5 Å². The van der Waals surface area contributed by atoms with E-state index in [1.54, 1.807) is 13.8 Å². The summed E-state index contributed by atoms with van der Waals surface area (Å²) < 4.78 is 0. The van der Waals surface area contributed by atoms with Gasteiger partial charge in [0.1, 0.15) is 0 Å². The summed E-state index contributed by atoms with van der Waals surface area (Å²) in [4.78, 5) is 43.0. The van der Waals surface area contributed by atoms with Gasteiger partial charge >= 0.3 is 6.03 Å². The van der Waals surface area contributed by atoms with Gasteiger partial charge in [0.05, 0.1) is 6.04 Å². The maximum atomic E-state index is 13.8. The van der Waals surface area contributed by atoms with Crippen molar-refractivity contribution in [3.8, 4) is 0 Å². The van der Waals surface area contributed by atoms with E-state index < -0.39 is 17.4 Å². The number of barbiturate groups is 1. The Morgan fingerprint density at radius 3 is 2.43 bits per heavy atom. The van der Waals surface area contributed by atoms with Crippen molar-refractivity contribution >= 4 is 23.5 Å². The van der Waals surface area contributed by atoms with Crippen molar-refractivity contribution in [3.63, 3.8) is 0 Å². The second-order valence-corrected chi connectivity index (χ2v) is 8.82. The molecule has 2 aromatic carbocycles. The van der Waals surface area contributed by atoms with Gasteiger partial charge in [-0.15, -0.1) is 0 Å². The van der Waals surface area contributed by atoms with Crippen LogP contribution in [0.25, 0.3) is 0 Å². The molecule has 2 saturated heterocycles. The van der Waals surface area contributed by atoms with Gasteiger partial charge in [-0.2, -0.15) is 0 Å². The van der Waals surface area contributed by atoms with Gasteiger partial charge in [0.25, 0.3) is 0 Å². The first-order valence-corrected chi connectivity index (χ1v) is 10.5. The molecule has 3 heterocycles. The number of benzene rings is 2. The van der Waals surface area contributed by atoms with Gasteiger partial charge in [-0.25, -0.2) is 4.79 Å². The zero-order chi connectivity index (χ0) is 21.0. The second kappa shape index (κ2) is 6.69. The van der Waals surface area contributed by atoms with Crippen LogP contribution in [0.5, 0.6) is 0 Å². The Balaban J connectivity index is 1.65. The molecule has 4 amide bonds. The molecule has 1 N–H and O–H groups in total. The fraction of sp³-hybridized carbons (Fsp3) is 0.375. The predicted molar refractivity (Wildman–Crippen MR) is 113 cm³/mol. The van der Waals surface area contributed by atoms with Crippen LogP contribution in [-0.2, 0) is 16.0 Å². The molecule has 30 heavy (non-hydrogen) atoms. The van der Waals surface area contributed by atoms with E-state index in [9.17, 15) is 14.4 Å². The number of nitrogens with one attached hydrogen (secondary N) is 1.